The fraction of sp³-hybridized carbons (Fsp3) is 0.404. The number of piperazine rings is 1. The largest absolute Gasteiger partial charge is 0.455 e. The number of allylic oxidation sites excluding steroid dienone is 1. The normalized spacial score (nSPS) is 18.6. The van der Waals surface area contributed by atoms with Crippen LogP contribution in [0.5, 0.6) is 11.5 Å². The van der Waals surface area contributed by atoms with Crippen LogP contribution in [0.1, 0.15) is 60.2 Å². The topological polar surface area (TPSA) is 209 Å². The molecule has 1 aliphatic carbocycles. The Morgan fingerprint density at radius 1 is 1.01 bits per heavy atom. The molecule has 2 fully saturated rings. The average Bonchev–Trinajstić information content (AvgIpc) is 3.76. The summed E-state index contributed by atoms with van der Waals surface area (Å²) in [5.74, 6) is -0.781. The number of H-pyrrole nitrogens is 1. The van der Waals surface area contributed by atoms with Crippen molar-refractivity contribution in [1.82, 2.24) is 23.9 Å². The summed E-state index contributed by atoms with van der Waals surface area (Å²) in [5, 5.41) is 15.8. The average molecular weight is 995 g/mol. The summed E-state index contributed by atoms with van der Waals surface area (Å²) < 4.78 is 108. The second-order valence-corrected chi connectivity index (χ2v) is 22.1. The van der Waals surface area contributed by atoms with Crippen molar-refractivity contribution in [3.8, 4) is 11.5 Å². The van der Waals surface area contributed by atoms with Gasteiger partial charge in [0.2, 0.25) is 10.0 Å². The van der Waals surface area contributed by atoms with Crippen molar-refractivity contribution in [3.63, 3.8) is 0 Å². The molecule has 3 aromatic carbocycles. The van der Waals surface area contributed by atoms with E-state index in [1.54, 1.807) is 43.5 Å². The van der Waals surface area contributed by atoms with Crippen LogP contribution in [0.4, 0.5) is 30.2 Å². The molecule has 5 aromatic rings. The van der Waals surface area contributed by atoms with Gasteiger partial charge in [0.25, 0.3) is 21.6 Å². The van der Waals surface area contributed by atoms with E-state index in [1.165, 1.54) is 34.3 Å². The van der Waals surface area contributed by atoms with Gasteiger partial charge in [-0.2, -0.15) is 17.5 Å². The Balaban J connectivity index is 1.00. The summed E-state index contributed by atoms with van der Waals surface area (Å²) in [6.07, 6.45) is 2.33. The van der Waals surface area contributed by atoms with Crippen LogP contribution in [-0.4, -0.2) is 118 Å². The van der Waals surface area contributed by atoms with Gasteiger partial charge in [0.15, 0.2) is 0 Å². The summed E-state index contributed by atoms with van der Waals surface area (Å²) in [4.78, 5) is 36.7. The number of carbonyl (C=O) groups is 1. The molecule has 368 valence electrons. The van der Waals surface area contributed by atoms with Crippen molar-refractivity contribution in [3.05, 3.63) is 117 Å². The fourth-order valence-electron chi connectivity index (χ4n) is 9.17. The SMILES string of the molecule is Cc1cc(C(F)(F)F)ccc1C1=C(CN2CCN(c3ccc(C(=O)NS(=O)(=O)c4ccc(NCC5COCCN5S(C)(=O)=O)c([N+](=O)[O-])c4)c(Oc4cnc5[nH]ccc5c4)c3)CC2)CCC(C)(C)C1. The number of morpholine rings is 1. The number of aromatic nitrogens is 2. The number of aryl methyl sites for hydroxylation is 1. The first-order chi connectivity index (χ1) is 32.5. The molecule has 3 N–H and O–H groups in total. The van der Waals surface area contributed by atoms with E-state index in [-0.39, 0.29) is 54.5 Å². The summed E-state index contributed by atoms with van der Waals surface area (Å²) in [6, 6.07) is 14.7. The van der Waals surface area contributed by atoms with Gasteiger partial charge in [-0.1, -0.05) is 25.5 Å². The maximum Gasteiger partial charge on any atom is 0.416 e. The molecule has 69 heavy (non-hydrogen) atoms. The van der Waals surface area contributed by atoms with Crippen LogP contribution in [0.15, 0.2) is 89.6 Å². The van der Waals surface area contributed by atoms with Gasteiger partial charge >= 0.3 is 6.18 Å². The number of hydrogen-bond acceptors (Lipinski definition) is 13. The summed E-state index contributed by atoms with van der Waals surface area (Å²) in [6.45, 7) is 9.53. The Morgan fingerprint density at radius 2 is 1.78 bits per heavy atom. The molecule has 3 aliphatic rings. The van der Waals surface area contributed by atoms with E-state index in [2.05, 4.69) is 38.9 Å². The number of anilines is 2. The molecule has 1 amide bonds. The second-order valence-electron chi connectivity index (χ2n) is 18.4. The zero-order chi connectivity index (χ0) is 49.5. The predicted molar refractivity (Wildman–Crippen MR) is 254 cm³/mol. The number of alkyl halides is 3. The van der Waals surface area contributed by atoms with Crippen LogP contribution < -0.4 is 19.7 Å². The molecule has 8 rings (SSSR count). The van der Waals surface area contributed by atoms with E-state index in [4.69, 9.17) is 9.47 Å². The zero-order valence-corrected chi connectivity index (χ0v) is 40.1. The van der Waals surface area contributed by atoms with Gasteiger partial charge in [0.1, 0.15) is 22.8 Å². The Morgan fingerprint density at radius 3 is 2.49 bits per heavy atom. The Labute approximate surface area is 397 Å². The van der Waals surface area contributed by atoms with Crippen LogP contribution in [0.2, 0.25) is 0 Å². The molecule has 2 saturated heterocycles. The first-order valence-electron chi connectivity index (χ1n) is 22.3. The minimum Gasteiger partial charge on any atom is -0.455 e. The number of nitro benzene ring substituents is 1. The highest BCUT2D eigenvalue weighted by Crippen LogP contribution is 2.45. The van der Waals surface area contributed by atoms with Crippen molar-refractivity contribution in [2.45, 2.75) is 57.1 Å². The number of nitro groups is 1. The molecule has 0 spiro atoms. The number of nitrogens with zero attached hydrogens (tertiary/aromatic N) is 5. The van der Waals surface area contributed by atoms with Gasteiger partial charge in [-0.15, -0.1) is 0 Å². The molecule has 0 bridgehead atoms. The molecule has 2 aliphatic heterocycles. The molecule has 1 unspecified atom stereocenters. The third-order valence-corrected chi connectivity index (χ3v) is 15.5. The van der Waals surface area contributed by atoms with E-state index < -0.39 is 59.2 Å². The van der Waals surface area contributed by atoms with Crippen LogP contribution in [0.3, 0.4) is 0 Å². The number of aromatic amines is 1. The van der Waals surface area contributed by atoms with Gasteiger partial charge in [-0.3, -0.25) is 19.8 Å². The van der Waals surface area contributed by atoms with E-state index in [0.717, 1.165) is 60.2 Å². The van der Waals surface area contributed by atoms with Crippen LogP contribution in [0.25, 0.3) is 16.6 Å². The number of amides is 1. The number of ether oxygens (including phenoxy) is 2. The van der Waals surface area contributed by atoms with E-state index >= 15 is 0 Å². The molecule has 17 nitrogen and oxygen atoms in total. The summed E-state index contributed by atoms with van der Waals surface area (Å²) in [5.41, 5.74) is 3.54. The lowest BCUT2D eigenvalue weighted by atomic mass is 9.72. The van der Waals surface area contributed by atoms with Crippen molar-refractivity contribution >= 4 is 59.6 Å². The van der Waals surface area contributed by atoms with Gasteiger partial charge < -0.3 is 24.7 Å². The van der Waals surface area contributed by atoms with Gasteiger partial charge in [0.05, 0.1) is 52.7 Å². The van der Waals surface area contributed by atoms with Crippen LogP contribution >= 0.6 is 0 Å². The van der Waals surface area contributed by atoms with E-state index in [1.807, 2.05) is 4.72 Å². The molecule has 0 radical (unpaired) electrons. The standard InChI is InChI=1S/C47H53F3N8O9S2/c1-30-21-33(47(48,49)50)5-8-38(30)40-25-46(2,3)13-11-32(40)28-55-15-17-56(18-16-55)34-6-9-39(43(23-34)67-36-22-31-12-14-51-44(31)53-27-36)45(59)54-69(64,65)37-7-10-41(42(24-37)58(60)61)52-26-35-29-66-20-19-57(35)68(4,62)63/h5-10,12,14,21-24,27,35,52H,11,13,15-20,25-26,28-29H2,1-4H3,(H,51,53)(H,54,59). The zero-order valence-electron chi connectivity index (χ0n) is 38.4. The predicted octanol–water partition coefficient (Wildman–Crippen LogP) is 7.57. The van der Waals surface area contributed by atoms with Crippen LogP contribution in [0, 0.1) is 22.5 Å². The quantitative estimate of drug-likeness (QED) is 0.0726. The highest BCUT2D eigenvalue weighted by Gasteiger charge is 2.35. The molecular weight excluding hydrogens is 942 g/mol. The maximum atomic E-state index is 14.0. The molecule has 1 atom stereocenters. The number of halogens is 3. The third kappa shape index (κ3) is 11.4. The number of carbonyl (C=O) groups excluding carboxylic acids is 1. The minimum absolute atomic E-state index is 0.00707. The summed E-state index contributed by atoms with van der Waals surface area (Å²) >= 11 is 0. The lowest BCUT2D eigenvalue weighted by Gasteiger charge is -2.39. The van der Waals surface area contributed by atoms with Gasteiger partial charge in [-0.25, -0.2) is 26.5 Å². The number of hydrogen-bond donors (Lipinski definition) is 3. The van der Waals surface area contributed by atoms with Crippen molar-refractivity contribution in [2.75, 3.05) is 75.5 Å². The number of nitrogens with one attached hydrogen (secondary N) is 3. The number of sulfonamides is 2. The number of benzene rings is 3. The van der Waals surface area contributed by atoms with E-state index in [9.17, 15) is 44.9 Å². The Bertz CT molecular complexity index is 3040. The first-order valence-corrected chi connectivity index (χ1v) is 25.6. The smallest absolute Gasteiger partial charge is 0.416 e. The van der Waals surface area contributed by atoms with Crippen LogP contribution in [-0.2, 0) is 31.0 Å². The lowest BCUT2D eigenvalue weighted by Crippen LogP contribution is -2.51. The molecular formula is C47H53F3N8O9S2. The van der Waals surface area contributed by atoms with E-state index in [0.29, 0.717) is 49.6 Å². The van der Waals surface area contributed by atoms with Crippen molar-refractivity contribution < 1.29 is 49.2 Å². The fourth-order valence-corrected chi connectivity index (χ4v) is 11.2. The number of pyridine rings is 1. The highest BCUT2D eigenvalue weighted by molar-refractivity contribution is 7.90. The third-order valence-electron chi connectivity index (χ3n) is 12.9. The molecule has 4 heterocycles. The number of fused-ring (bicyclic) bond motifs is 1. The first kappa shape index (κ1) is 49.4. The van der Waals surface area contributed by atoms with Crippen molar-refractivity contribution in [2.24, 2.45) is 5.41 Å². The molecule has 2 aromatic heterocycles. The molecule has 22 heteroatoms. The number of rotatable bonds is 14. The maximum absolute atomic E-state index is 14.0. The lowest BCUT2D eigenvalue weighted by molar-refractivity contribution is -0.384. The Hall–Kier alpha value is -6.07. The minimum atomic E-state index is -4.72. The van der Waals surface area contributed by atoms with Gasteiger partial charge in [0, 0.05) is 75.2 Å². The van der Waals surface area contributed by atoms with Crippen molar-refractivity contribution in [1.29, 1.82) is 0 Å². The highest BCUT2D eigenvalue weighted by atomic mass is 32.2. The van der Waals surface area contributed by atoms with Gasteiger partial charge in [-0.05, 0) is 96.8 Å². The Kier molecular flexibility index (Phi) is 13.9. The summed E-state index contributed by atoms with van der Waals surface area (Å²) in [7, 11) is -8.32. The monoisotopic (exact) mass is 994 g/mol. The molecule has 0 saturated carbocycles. The second kappa shape index (κ2) is 19.4.